The van der Waals surface area contributed by atoms with Gasteiger partial charge in [0, 0.05) is 28.0 Å². The van der Waals surface area contributed by atoms with Crippen LogP contribution >= 0.6 is 20.6 Å². The van der Waals surface area contributed by atoms with Crippen LogP contribution in [0.3, 0.4) is 0 Å². The number of carboxylic acid groups (broad SMARTS) is 1. The van der Waals surface area contributed by atoms with Gasteiger partial charge in [-0.1, -0.05) is 18.2 Å². The van der Waals surface area contributed by atoms with Gasteiger partial charge in [-0.3, -0.25) is 4.98 Å². The lowest BCUT2D eigenvalue weighted by Crippen LogP contribution is -2.10. The molecular weight excluding hydrogens is 519 g/mol. The number of ether oxygens (including phenoxy) is 3. The summed E-state index contributed by atoms with van der Waals surface area (Å²) >= 11 is 1.57. The van der Waals surface area contributed by atoms with Crippen molar-refractivity contribution in [1.82, 2.24) is 9.97 Å². The van der Waals surface area contributed by atoms with Gasteiger partial charge in [-0.05, 0) is 61.0 Å². The zero-order valence-corrected chi connectivity index (χ0v) is 22.8. The number of hydrogen-bond acceptors (Lipinski definition) is 7. The minimum atomic E-state index is -1.02. The number of fused-ring (bicyclic) bond motifs is 1. The van der Waals surface area contributed by atoms with Gasteiger partial charge in [0.1, 0.15) is 28.9 Å². The van der Waals surface area contributed by atoms with Crippen molar-refractivity contribution in [3.63, 3.8) is 0 Å². The van der Waals surface area contributed by atoms with Crippen molar-refractivity contribution < 1.29 is 24.1 Å². The molecule has 0 bridgehead atoms. The Morgan fingerprint density at radius 1 is 1.00 bits per heavy atom. The van der Waals surface area contributed by atoms with Gasteiger partial charge in [0.2, 0.25) is 0 Å². The first-order chi connectivity index (χ1) is 18.4. The number of thiazole rings is 1. The zero-order valence-electron chi connectivity index (χ0n) is 20.8. The molecule has 0 spiro atoms. The largest absolute Gasteiger partial charge is 0.496 e. The highest BCUT2D eigenvalue weighted by Gasteiger charge is 2.18. The highest BCUT2D eigenvalue weighted by molar-refractivity contribution is 7.27. The summed E-state index contributed by atoms with van der Waals surface area (Å²) in [5.41, 5.74) is 4.54. The first-order valence-electron chi connectivity index (χ1n) is 11.8. The van der Waals surface area contributed by atoms with Crippen LogP contribution in [0.15, 0.2) is 72.9 Å². The molecule has 9 heteroatoms. The van der Waals surface area contributed by atoms with Gasteiger partial charge >= 0.3 is 5.97 Å². The summed E-state index contributed by atoms with van der Waals surface area (Å²) in [7, 11) is 4.37. The summed E-state index contributed by atoms with van der Waals surface area (Å²) in [6.45, 7) is 1.73. The smallest absolute Gasteiger partial charge is 0.341 e. The summed E-state index contributed by atoms with van der Waals surface area (Å²) in [4.78, 5) is 21.4. The molecule has 0 amide bonds. The van der Waals surface area contributed by atoms with Gasteiger partial charge in [-0.15, -0.1) is 20.6 Å². The Balaban J connectivity index is 1.46. The lowest BCUT2D eigenvalue weighted by atomic mass is 10.1. The number of para-hydroxylation sites is 1. The number of carboxylic acids is 1. The van der Waals surface area contributed by atoms with Crippen molar-refractivity contribution in [3.8, 4) is 38.9 Å². The quantitative estimate of drug-likeness (QED) is 0.232. The van der Waals surface area contributed by atoms with Gasteiger partial charge in [-0.2, -0.15) is 0 Å². The average Bonchev–Trinajstić information content (AvgIpc) is 3.35. The molecule has 5 rings (SSSR count). The van der Waals surface area contributed by atoms with E-state index in [2.05, 4.69) is 26.4 Å². The molecule has 0 aliphatic rings. The number of hydrogen-bond donors (Lipinski definition) is 1. The van der Waals surface area contributed by atoms with Crippen LogP contribution in [-0.2, 0) is 11.4 Å². The monoisotopic (exact) mass is 544 g/mol. The van der Waals surface area contributed by atoms with Crippen LogP contribution in [-0.4, -0.2) is 34.8 Å². The molecule has 0 radical (unpaired) electrons. The van der Waals surface area contributed by atoms with Crippen molar-refractivity contribution in [2.24, 2.45) is 0 Å². The van der Waals surface area contributed by atoms with Crippen LogP contribution in [0.1, 0.15) is 10.6 Å². The van der Waals surface area contributed by atoms with Crippen LogP contribution in [0.25, 0.3) is 32.6 Å². The summed E-state index contributed by atoms with van der Waals surface area (Å²) in [5.74, 6) is 0.924. The summed E-state index contributed by atoms with van der Waals surface area (Å²) in [5, 5.41) is 11.7. The number of benzene rings is 3. The number of aromatic nitrogens is 2. The number of aliphatic carboxylic acids is 1. The van der Waals surface area contributed by atoms with Crippen molar-refractivity contribution in [2.45, 2.75) is 13.5 Å². The predicted octanol–water partition coefficient (Wildman–Crippen LogP) is 5.89. The van der Waals surface area contributed by atoms with Gasteiger partial charge in [0.05, 0.1) is 23.2 Å². The first kappa shape index (κ1) is 25.6. The summed E-state index contributed by atoms with van der Waals surface area (Å²) < 4.78 is 16.8. The predicted molar refractivity (Wildman–Crippen MR) is 153 cm³/mol. The van der Waals surface area contributed by atoms with Crippen LogP contribution in [0, 0.1) is 6.92 Å². The van der Waals surface area contributed by atoms with Gasteiger partial charge < -0.3 is 19.3 Å². The second-order valence-electron chi connectivity index (χ2n) is 8.56. The Kier molecular flexibility index (Phi) is 7.54. The molecule has 0 aliphatic carbocycles. The highest BCUT2D eigenvalue weighted by atomic mass is 32.1. The molecule has 0 saturated heterocycles. The molecule has 2 heterocycles. The average molecular weight is 545 g/mol. The van der Waals surface area contributed by atoms with Crippen LogP contribution in [0.5, 0.6) is 17.2 Å². The number of rotatable bonds is 9. The third kappa shape index (κ3) is 5.62. The fraction of sp³-hybridized carbons (Fsp3) is 0.138. The number of nitrogens with zero attached hydrogens (tertiary/aromatic N) is 2. The standard InChI is InChI=1S/C29H25N2O5PS/c1-17-11-21(8-10-23(17)36-16-27(32)33)35-15-26-31-28(19-7-9-24(34-2)25(37)13-19)29(38-26)20-12-18-5-3-4-6-22(18)30-14-20/h3-14H,15-16,37H2,1-2H3,(H,32,33). The van der Waals surface area contributed by atoms with E-state index in [1.807, 2.05) is 55.6 Å². The molecule has 3 aromatic carbocycles. The minimum absolute atomic E-state index is 0.275. The van der Waals surface area contributed by atoms with Gasteiger partial charge in [-0.25, -0.2) is 9.78 Å². The minimum Gasteiger partial charge on any atom is -0.496 e. The van der Waals surface area contributed by atoms with E-state index in [1.165, 1.54) is 0 Å². The Bertz CT molecular complexity index is 1640. The van der Waals surface area contributed by atoms with Crippen LogP contribution < -0.4 is 19.5 Å². The highest BCUT2D eigenvalue weighted by Crippen LogP contribution is 2.38. The maximum Gasteiger partial charge on any atom is 0.341 e. The zero-order chi connectivity index (χ0) is 26.6. The molecule has 1 N–H and O–H groups in total. The number of methoxy groups -OCH3 is 1. The van der Waals surface area contributed by atoms with E-state index in [-0.39, 0.29) is 6.61 Å². The maximum atomic E-state index is 10.8. The Morgan fingerprint density at radius 3 is 2.58 bits per heavy atom. The van der Waals surface area contributed by atoms with E-state index in [0.717, 1.165) is 54.2 Å². The second-order valence-corrected chi connectivity index (χ2v) is 10.3. The van der Waals surface area contributed by atoms with Gasteiger partial charge in [0.25, 0.3) is 0 Å². The molecule has 1 unspecified atom stereocenters. The summed E-state index contributed by atoms with van der Waals surface area (Å²) in [6.07, 6.45) is 1.88. The van der Waals surface area contributed by atoms with E-state index in [0.29, 0.717) is 11.5 Å². The van der Waals surface area contributed by atoms with Gasteiger partial charge in [0.15, 0.2) is 6.61 Å². The van der Waals surface area contributed by atoms with Crippen LogP contribution in [0.4, 0.5) is 0 Å². The van der Waals surface area contributed by atoms with Crippen molar-refractivity contribution in [3.05, 3.63) is 83.5 Å². The molecule has 2 aromatic heterocycles. The molecule has 0 aliphatic heterocycles. The molecule has 38 heavy (non-hydrogen) atoms. The second kappa shape index (κ2) is 11.2. The number of aryl methyl sites for hydroxylation is 1. The first-order valence-corrected chi connectivity index (χ1v) is 13.2. The lowest BCUT2D eigenvalue weighted by molar-refractivity contribution is -0.139. The fourth-order valence-corrected chi connectivity index (χ4v) is 5.43. The Morgan fingerprint density at radius 2 is 1.82 bits per heavy atom. The maximum absolute atomic E-state index is 10.8. The molecule has 192 valence electrons. The van der Waals surface area contributed by atoms with E-state index < -0.39 is 12.6 Å². The molecular formula is C29H25N2O5PS. The van der Waals surface area contributed by atoms with E-state index in [4.69, 9.17) is 24.3 Å². The number of carbonyl (C=O) groups is 1. The Hall–Kier alpha value is -4.00. The van der Waals surface area contributed by atoms with Crippen molar-refractivity contribution in [2.75, 3.05) is 13.7 Å². The third-order valence-electron chi connectivity index (χ3n) is 5.89. The third-order valence-corrected chi connectivity index (χ3v) is 7.42. The van der Waals surface area contributed by atoms with E-state index in [1.54, 1.807) is 30.6 Å². The molecule has 7 nitrogen and oxygen atoms in total. The molecule has 1 atom stereocenters. The SMILES string of the molecule is COc1ccc(-c2nc(COc3ccc(OCC(=O)O)c(C)c3)sc2-c2cnc3ccccc3c2)cc1P. The lowest BCUT2D eigenvalue weighted by Gasteiger charge is -2.09. The normalized spacial score (nSPS) is 10.9. The van der Waals surface area contributed by atoms with Crippen molar-refractivity contribution in [1.29, 1.82) is 0 Å². The summed E-state index contributed by atoms with van der Waals surface area (Å²) in [6, 6.07) is 21.4. The van der Waals surface area contributed by atoms with E-state index in [9.17, 15) is 4.79 Å². The van der Waals surface area contributed by atoms with E-state index >= 15 is 0 Å². The Labute approximate surface area is 226 Å². The molecule has 5 aromatic rings. The fourth-order valence-electron chi connectivity index (χ4n) is 4.05. The van der Waals surface area contributed by atoms with Crippen LogP contribution in [0.2, 0.25) is 0 Å². The topological polar surface area (TPSA) is 90.8 Å². The molecule has 0 fully saturated rings. The molecule has 0 saturated carbocycles. The number of pyridine rings is 1. The van der Waals surface area contributed by atoms with Crippen molar-refractivity contribution >= 4 is 42.8 Å².